The average molecular weight is 321 g/mol. The molecule has 23 heavy (non-hydrogen) atoms. The highest BCUT2D eigenvalue weighted by Gasteiger charge is 2.24. The van der Waals surface area contributed by atoms with Crippen molar-refractivity contribution in [3.63, 3.8) is 0 Å². The molecule has 0 atom stereocenters. The zero-order valence-electron chi connectivity index (χ0n) is 14.9. The molecule has 0 radical (unpaired) electrons. The molecule has 1 aromatic rings. The zero-order valence-corrected chi connectivity index (χ0v) is 14.9. The van der Waals surface area contributed by atoms with E-state index in [1.54, 1.807) is 24.3 Å². The largest absolute Gasteiger partial charge is 0.456 e. The van der Waals surface area contributed by atoms with Gasteiger partial charge in [-0.05, 0) is 58.9 Å². The van der Waals surface area contributed by atoms with Crippen LogP contribution >= 0.6 is 0 Å². The summed E-state index contributed by atoms with van der Waals surface area (Å²) in [4.78, 5) is 23.2. The Morgan fingerprint density at radius 1 is 1.04 bits per heavy atom. The number of carbonyl (C=O) groups is 2. The minimum Gasteiger partial charge on any atom is -0.456 e. The van der Waals surface area contributed by atoms with Crippen LogP contribution in [0.1, 0.15) is 58.3 Å². The summed E-state index contributed by atoms with van der Waals surface area (Å²) in [7, 11) is 0. The number of ether oxygens (including phenoxy) is 2. The quantitative estimate of drug-likeness (QED) is 0.810. The lowest BCUT2D eigenvalue weighted by molar-refractivity contribution is -0.114. The first-order valence-corrected chi connectivity index (χ1v) is 7.73. The average Bonchev–Trinajstić information content (AvgIpc) is 2.36. The number of esters is 1. The molecule has 0 saturated heterocycles. The Bertz CT molecular complexity index is 541. The summed E-state index contributed by atoms with van der Waals surface area (Å²) in [6, 6.07) is 6.62. The molecule has 128 valence electrons. The number of amides is 1. The van der Waals surface area contributed by atoms with Gasteiger partial charge < -0.3 is 14.8 Å². The number of hydrogen-bond donors (Lipinski definition) is 1. The summed E-state index contributed by atoms with van der Waals surface area (Å²) in [6.45, 7) is 11.6. The number of carbonyl (C=O) groups excluding carboxylic acids is 2. The van der Waals surface area contributed by atoms with Crippen LogP contribution in [-0.2, 0) is 14.3 Å². The third-order valence-electron chi connectivity index (χ3n) is 3.05. The van der Waals surface area contributed by atoms with Crippen LogP contribution in [0.25, 0.3) is 0 Å². The van der Waals surface area contributed by atoms with Gasteiger partial charge in [0.25, 0.3) is 0 Å². The predicted molar refractivity (Wildman–Crippen MR) is 90.6 cm³/mol. The second-order valence-corrected chi connectivity index (χ2v) is 7.12. The fourth-order valence-corrected chi connectivity index (χ4v) is 1.86. The molecule has 1 amide bonds. The highest BCUT2D eigenvalue weighted by Crippen LogP contribution is 2.20. The Morgan fingerprint density at radius 3 is 2.09 bits per heavy atom. The van der Waals surface area contributed by atoms with Crippen LogP contribution in [0.4, 0.5) is 5.69 Å². The molecule has 0 saturated carbocycles. The molecule has 0 aliphatic rings. The molecule has 1 aromatic carbocycles. The van der Waals surface area contributed by atoms with E-state index in [9.17, 15) is 9.59 Å². The van der Waals surface area contributed by atoms with Crippen molar-refractivity contribution >= 4 is 17.6 Å². The van der Waals surface area contributed by atoms with Gasteiger partial charge in [0.2, 0.25) is 5.91 Å². The van der Waals surface area contributed by atoms with E-state index in [0.717, 1.165) is 0 Å². The van der Waals surface area contributed by atoms with Gasteiger partial charge in [-0.15, -0.1) is 0 Å². The van der Waals surface area contributed by atoms with Crippen molar-refractivity contribution < 1.29 is 19.1 Å². The zero-order chi connectivity index (χ0) is 17.7. The van der Waals surface area contributed by atoms with E-state index in [2.05, 4.69) is 5.32 Å². The Labute approximate surface area is 138 Å². The Balaban J connectivity index is 2.58. The molecule has 0 aromatic heterocycles. The summed E-state index contributed by atoms with van der Waals surface area (Å²) in [5.41, 5.74) is 0.272. The van der Waals surface area contributed by atoms with Crippen molar-refractivity contribution in [3.05, 3.63) is 29.8 Å². The van der Waals surface area contributed by atoms with E-state index in [-0.39, 0.29) is 17.5 Å². The van der Waals surface area contributed by atoms with Gasteiger partial charge in [0.15, 0.2) is 0 Å². The normalized spacial score (nSPS) is 11.9. The van der Waals surface area contributed by atoms with Crippen molar-refractivity contribution in [1.82, 2.24) is 0 Å². The number of rotatable bonds is 6. The Morgan fingerprint density at radius 2 is 1.61 bits per heavy atom. The lowest BCUT2D eigenvalue weighted by Crippen LogP contribution is -2.31. The SMILES string of the molecule is CC(=O)Nc1ccc(C(=O)OC(C)(C)CCOC(C)(C)C)cc1. The molecule has 5 heteroatoms. The van der Waals surface area contributed by atoms with Crippen molar-refractivity contribution in [3.8, 4) is 0 Å². The topological polar surface area (TPSA) is 64.6 Å². The minimum absolute atomic E-state index is 0.152. The molecule has 1 N–H and O–H groups in total. The van der Waals surface area contributed by atoms with E-state index < -0.39 is 5.60 Å². The third-order valence-corrected chi connectivity index (χ3v) is 3.05. The van der Waals surface area contributed by atoms with Crippen LogP contribution < -0.4 is 5.32 Å². The number of hydrogen-bond acceptors (Lipinski definition) is 4. The molecule has 0 fully saturated rings. The fourth-order valence-electron chi connectivity index (χ4n) is 1.86. The van der Waals surface area contributed by atoms with Crippen molar-refractivity contribution in [2.24, 2.45) is 0 Å². The van der Waals surface area contributed by atoms with Gasteiger partial charge in [-0.25, -0.2) is 4.79 Å². The highest BCUT2D eigenvalue weighted by molar-refractivity contribution is 5.92. The smallest absolute Gasteiger partial charge is 0.338 e. The van der Waals surface area contributed by atoms with E-state index in [1.807, 2.05) is 34.6 Å². The van der Waals surface area contributed by atoms with Gasteiger partial charge in [-0.1, -0.05) is 0 Å². The van der Waals surface area contributed by atoms with Crippen LogP contribution in [0.5, 0.6) is 0 Å². The van der Waals surface area contributed by atoms with Gasteiger partial charge in [0.05, 0.1) is 17.8 Å². The number of nitrogens with one attached hydrogen (secondary N) is 1. The predicted octanol–water partition coefficient (Wildman–Crippen LogP) is 3.79. The van der Waals surface area contributed by atoms with Crippen LogP contribution in [0.3, 0.4) is 0 Å². The van der Waals surface area contributed by atoms with Crippen LogP contribution in [0.15, 0.2) is 24.3 Å². The fraction of sp³-hybridized carbons (Fsp3) is 0.556. The molecular weight excluding hydrogens is 294 g/mol. The summed E-state index contributed by atoms with van der Waals surface area (Å²) < 4.78 is 11.2. The van der Waals surface area contributed by atoms with Gasteiger partial charge in [0.1, 0.15) is 5.60 Å². The third kappa shape index (κ3) is 7.79. The standard InChI is InChI=1S/C18H27NO4/c1-13(20)19-15-9-7-14(8-10-15)16(21)23-18(5,6)11-12-22-17(2,3)4/h7-10H,11-12H2,1-6H3,(H,19,20). The van der Waals surface area contributed by atoms with Crippen molar-refractivity contribution in [2.45, 2.75) is 59.2 Å². The maximum absolute atomic E-state index is 12.2. The van der Waals surface area contributed by atoms with Crippen LogP contribution in [0.2, 0.25) is 0 Å². The molecule has 0 aliphatic carbocycles. The van der Waals surface area contributed by atoms with Gasteiger partial charge in [0, 0.05) is 19.0 Å². The van der Waals surface area contributed by atoms with Gasteiger partial charge in [-0.3, -0.25) is 4.79 Å². The second kappa shape index (κ2) is 7.59. The monoisotopic (exact) mass is 321 g/mol. The Kier molecular flexibility index (Phi) is 6.33. The summed E-state index contributed by atoms with van der Waals surface area (Å²) >= 11 is 0. The minimum atomic E-state index is -0.612. The van der Waals surface area contributed by atoms with E-state index >= 15 is 0 Å². The molecular formula is C18H27NO4. The molecule has 0 heterocycles. The van der Waals surface area contributed by atoms with E-state index in [4.69, 9.17) is 9.47 Å². The molecule has 5 nitrogen and oxygen atoms in total. The first kappa shape index (κ1) is 19.2. The van der Waals surface area contributed by atoms with E-state index in [1.165, 1.54) is 6.92 Å². The lowest BCUT2D eigenvalue weighted by Gasteiger charge is -2.27. The molecule has 0 aliphatic heterocycles. The van der Waals surface area contributed by atoms with E-state index in [0.29, 0.717) is 24.3 Å². The summed E-state index contributed by atoms with van der Waals surface area (Å²) in [6.07, 6.45) is 0.611. The molecule has 1 rings (SSSR count). The first-order valence-electron chi connectivity index (χ1n) is 7.73. The first-order chi connectivity index (χ1) is 10.5. The van der Waals surface area contributed by atoms with Crippen molar-refractivity contribution in [1.29, 1.82) is 0 Å². The van der Waals surface area contributed by atoms with Crippen molar-refractivity contribution in [2.75, 3.05) is 11.9 Å². The summed E-state index contributed by atoms with van der Waals surface area (Å²) in [5, 5.41) is 2.65. The lowest BCUT2D eigenvalue weighted by atomic mass is 10.1. The maximum atomic E-state index is 12.2. The highest BCUT2D eigenvalue weighted by atomic mass is 16.6. The summed E-state index contributed by atoms with van der Waals surface area (Å²) in [5.74, 6) is -0.541. The molecule has 0 unspecified atom stereocenters. The molecule has 0 bridgehead atoms. The molecule has 0 spiro atoms. The second-order valence-electron chi connectivity index (χ2n) is 7.12. The van der Waals surface area contributed by atoms with Gasteiger partial charge >= 0.3 is 5.97 Å². The maximum Gasteiger partial charge on any atom is 0.338 e. The Hall–Kier alpha value is -1.88. The number of anilines is 1. The van der Waals surface area contributed by atoms with Crippen LogP contribution in [-0.4, -0.2) is 29.7 Å². The number of benzene rings is 1. The van der Waals surface area contributed by atoms with Crippen LogP contribution in [0, 0.1) is 0 Å². The van der Waals surface area contributed by atoms with Gasteiger partial charge in [-0.2, -0.15) is 0 Å².